The Bertz CT molecular complexity index is 1570. The van der Waals surface area contributed by atoms with Gasteiger partial charge >= 0.3 is 5.97 Å². The number of carbonyl (C=O) groups excluding carboxylic acids is 1. The lowest BCUT2D eigenvalue weighted by atomic mass is 9.97. The van der Waals surface area contributed by atoms with E-state index in [0.717, 1.165) is 33.2 Å². The highest BCUT2D eigenvalue weighted by atomic mass is 16.5. The summed E-state index contributed by atoms with van der Waals surface area (Å²) in [5, 5.41) is 4.77. The molecule has 0 amide bonds. The maximum Gasteiger partial charge on any atom is 0.337 e. The highest BCUT2D eigenvalue weighted by Gasteiger charge is 2.18. The van der Waals surface area contributed by atoms with Crippen LogP contribution >= 0.6 is 0 Å². The summed E-state index contributed by atoms with van der Waals surface area (Å²) in [6.45, 7) is 6.49. The fourth-order valence-electron chi connectivity index (χ4n) is 4.61. The minimum absolute atomic E-state index is 0.345. The number of benzene rings is 3. The zero-order valence-electron chi connectivity index (χ0n) is 19.5. The van der Waals surface area contributed by atoms with Crippen LogP contribution < -0.4 is 9.14 Å². The topological polar surface area (TPSA) is 39.6 Å². The summed E-state index contributed by atoms with van der Waals surface area (Å²) >= 11 is 0. The van der Waals surface area contributed by atoms with E-state index >= 15 is 0 Å². The van der Waals surface area contributed by atoms with Crippen molar-refractivity contribution in [1.82, 2.24) is 0 Å². The molecule has 0 aliphatic carbocycles. The average Bonchev–Trinajstić information content (AvgIpc) is 2.84. The van der Waals surface area contributed by atoms with Crippen LogP contribution in [0.3, 0.4) is 0 Å². The molecule has 5 rings (SSSR count). The molecule has 3 aromatic carbocycles. The number of esters is 1. The summed E-state index contributed by atoms with van der Waals surface area (Å²) in [4.78, 5) is 11.8. The number of fused-ring (bicyclic) bond motifs is 4. The van der Waals surface area contributed by atoms with Crippen molar-refractivity contribution in [1.29, 1.82) is 0 Å². The maximum atomic E-state index is 11.8. The van der Waals surface area contributed by atoms with E-state index in [1.54, 1.807) is 19.2 Å². The monoisotopic (exact) mass is 436 g/mol. The van der Waals surface area contributed by atoms with Gasteiger partial charge in [0, 0.05) is 30.0 Å². The van der Waals surface area contributed by atoms with Crippen molar-refractivity contribution in [2.45, 2.75) is 20.8 Å². The number of hydrogen-bond acceptors (Lipinski definition) is 3. The van der Waals surface area contributed by atoms with Gasteiger partial charge in [0.15, 0.2) is 11.9 Å². The number of aryl methyl sites for hydroxylation is 3. The van der Waals surface area contributed by atoms with Gasteiger partial charge in [0.25, 0.3) is 0 Å². The summed E-state index contributed by atoms with van der Waals surface area (Å²) in [6, 6.07) is 20.6. The van der Waals surface area contributed by atoms with Gasteiger partial charge in [0.2, 0.25) is 5.52 Å². The van der Waals surface area contributed by atoms with E-state index in [9.17, 15) is 4.79 Å². The maximum absolute atomic E-state index is 11.8. The van der Waals surface area contributed by atoms with Crippen molar-refractivity contribution in [3.05, 3.63) is 89.2 Å². The largest absolute Gasteiger partial charge is 0.496 e. The molecule has 0 saturated heterocycles. The number of pyridine rings is 2. The normalized spacial score (nSPS) is 11.3. The molecule has 4 nitrogen and oxygen atoms in total. The van der Waals surface area contributed by atoms with Crippen LogP contribution in [0.25, 0.3) is 38.2 Å². The molecule has 0 aliphatic rings. The molecular formula is C29H26NO3+. The number of ether oxygens (including phenoxy) is 2. The first-order chi connectivity index (χ1) is 15.9. The second-order valence-corrected chi connectivity index (χ2v) is 8.53. The fourth-order valence-corrected chi connectivity index (χ4v) is 4.61. The van der Waals surface area contributed by atoms with Gasteiger partial charge < -0.3 is 9.47 Å². The van der Waals surface area contributed by atoms with E-state index < -0.39 is 0 Å². The van der Waals surface area contributed by atoms with Crippen LogP contribution in [-0.2, 0) is 4.74 Å². The molecule has 0 bridgehead atoms. The quantitative estimate of drug-likeness (QED) is 0.148. The van der Waals surface area contributed by atoms with Crippen molar-refractivity contribution in [2.75, 3.05) is 14.2 Å². The highest BCUT2D eigenvalue weighted by Crippen LogP contribution is 2.36. The smallest absolute Gasteiger partial charge is 0.337 e. The number of carbonyl (C=O) groups is 1. The molecule has 2 aromatic heterocycles. The van der Waals surface area contributed by atoms with Crippen LogP contribution in [0.1, 0.15) is 27.2 Å². The predicted octanol–water partition coefficient (Wildman–Crippen LogP) is 6.12. The molecule has 5 aromatic rings. The predicted molar refractivity (Wildman–Crippen MR) is 132 cm³/mol. The van der Waals surface area contributed by atoms with E-state index in [4.69, 9.17) is 9.47 Å². The van der Waals surface area contributed by atoms with Gasteiger partial charge in [-0.15, -0.1) is 0 Å². The Balaban J connectivity index is 1.79. The SMILES string of the molecule is COC(=O)c1ccc(-c2cc3c(cc[n+]4c(C)c5cc(C)c(C)cc5cc34)cc2OC)cc1. The van der Waals surface area contributed by atoms with E-state index in [0.29, 0.717) is 5.56 Å². The van der Waals surface area contributed by atoms with Crippen molar-refractivity contribution in [3.63, 3.8) is 0 Å². The lowest BCUT2D eigenvalue weighted by Gasteiger charge is -2.12. The van der Waals surface area contributed by atoms with Gasteiger partial charge in [0.1, 0.15) is 5.75 Å². The molecule has 0 fully saturated rings. The molecule has 0 spiro atoms. The average molecular weight is 437 g/mol. The third kappa shape index (κ3) is 3.39. The van der Waals surface area contributed by atoms with Crippen LogP contribution in [0, 0.1) is 20.8 Å². The summed E-state index contributed by atoms with van der Waals surface area (Å²) in [6.07, 6.45) is 2.13. The summed E-state index contributed by atoms with van der Waals surface area (Å²) in [5.74, 6) is 0.448. The molecule has 0 aliphatic heterocycles. The van der Waals surface area contributed by atoms with Crippen LogP contribution in [0.15, 0.2) is 66.9 Å². The first kappa shape index (κ1) is 21.0. The number of rotatable bonds is 3. The Labute approximate surface area is 193 Å². The van der Waals surface area contributed by atoms with E-state index in [2.05, 4.69) is 67.8 Å². The van der Waals surface area contributed by atoms with Gasteiger partial charge in [-0.05, 0) is 71.6 Å². The van der Waals surface area contributed by atoms with Crippen molar-refractivity contribution in [2.24, 2.45) is 0 Å². The van der Waals surface area contributed by atoms with Crippen molar-refractivity contribution in [3.8, 4) is 16.9 Å². The van der Waals surface area contributed by atoms with Crippen molar-refractivity contribution >= 4 is 33.0 Å². The van der Waals surface area contributed by atoms with Crippen molar-refractivity contribution < 1.29 is 18.7 Å². The van der Waals surface area contributed by atoms with Gasteiger partial charge in [0.05, 0.1) is 25.2 Å². The highest BCUT2D eigenvalue weighted by molar-refractivity contribution is 6.01. The fraction of sp³-hybridized carbons (Fsp3) is 0.172. The molecule has 164 valence electrons. The second-order valence-electron chi connectivity index (χ2n) is 8.53. The van der Waals surface area contributed by atoms with Crippen LogP contribution in [-0.4, -0.2) is 20.2 Å². The Morgan fingerprint density at radius 1 is 0.788 bits per heavy atom. The van der Waals surface area contributed by atoms with Gasteiger partial charge in [-0.1, -0.05) is 18.2 Å². The third-order valence-corrected chi connectivity index (χ3v) is 6.64. The number of nitrogens with zero attached hydrogens (tertiary/aromatic N) is 1. The lowest BCUT2D eigenvalue weighted by Crippen LogP contribution is -2.25. The Morgan fingerprint density at radius 3 is 2.21 bits per heavy atom. The first-order valence-corrected chi connectivity index (χ1v) is 11.0. The Kier molecular flexibility index (Phi) is 5.01. The summed E-state index contributed by atoms with van der Waals surface area (Å²) in [7, 11) is 3.08. The van der Waals surface area contributed by atoms with Gasteiger partial charge in [-0.25, -0.2) is 4.79 Å². The number of hydrogen-bond donors (Lipinski definition) is 0. The van der Waals surface area contributed by atoms with Crippen LogP contribution in [0.4, 0.5) is 0 Å². The molecule has 4 heteroatoms. The third-order valence-electron chi connectivity index (χ3n) is 6.64. The second kappa shape index (κ2) is 7.89. The van der Waals surface area contributed by atoms with E-state index in [-0.39, 0.29) is 5.97 Å². The lowest BCUT2D eigenvalue weighted by molar-refractivity contribution is -0.516. The molecule has 0 N–H and O–H groups in total. The van der Waals surface area contributed by atoms with Gasteiger partial charge in [-0.2, -0.15) is 4.40 Å². The number of methoxy groups -OCH3 is 2. The molecule has 0 atom stereocenters. The van der Waals surface area contributed by atoms with E-state index in [1.807, 2.05) is 12.1 Å². The molecule has 33 heavy (non-hydrogen) atoms. The first-order valence-electron chi connectivity index (χ1n) is 11.0. The molecule has 0 saturated carbocycles. The summed E-state index contributed by atoms with van der Waals surface area (Å²) < 4.78 is 12.8. The standard InChI is InChI=1S/C29H26NO3/c1-17-12-23-14-27-25-16-26(20-6-8-21(9-7-20)29(31)33-5)28(32-4)15-22(25)10-11-30(27)19(3)24(23)13-18(17)2/h6-16H,1-5H3/q+1. The van der Waals surface area contributed by atoms with Gasteiger partial charge in [-0.3, -0.25) is 0 Å². The Morgan fingerprint density at radius 2 is 1.52 bits per heavy atom. The zero-order valence-corrected chi connectivity index (χ0v) is 19.5. The minimum atomic E-state index is -0.345. The van der Waals surface area contributed by atoms with Crippen LogP contribution in [0.5, 0.6) is 5.75 Å². The molecule has 2 heterocycles. The van der Waals surface area contributed by atoms with E-state index in [1.165, 1.54) is 34.7 Å². The zero-order chi connectivity index (χ0) is 23.3. The minimum Gasteiger partial charge on any atom is -0.496 e. The molecule has 0 radical (unpaired) electrons. The van der Waals surface area contributed by atoms with Crippen LogP contribution in [0.2, 0.25) is 0 Å². The molecule has 0 unspecified atom stereocenters. The summed E-state index contributed by atoms with van der Waals surface area (Å²) in [5.41, 5.74) is 7.44. The Hall–Kier alpha value is -3.92. The number of aromatic nitrogens is 1. The molecular weight excluding hydrogens is 410 g/mol.